The Labute approximate surface area is 123 Å². The van der Waals surface area contributed by atoms with E-state index in [9.17, 15) is 4.79 Å². The molecule has 0 unspecified atom stereocenters. The first kappa shape index (κ1) is 13.8. The van der Waals surface area contributed by atoms with Gasteiger partial charge in [-0.3, -0.25) is 14.5 Å². The Morgan fingerprint density at radius 2 is 2.43 bits per heavy atom. The van der Waals surface area contributed by atoms with Crippen LogP contribution in [0.2, 0.25) is 0 Å². The van der Waals surface area contributed by atoms with Crippen LogP contribution in [0.5, 0.6) is 0 Å². The van der Waals surface area contributed by atoms with E-state index in [0.717, 1.165) is 25.1 Å². The molecule has 0 spiro atoms. The first-order chi connectivity index (χ1) is 10.2. The summed E-state index contributed by atoms with van der Waals surface area (Å²) < 4.78 is 1.92. The van der Waals surface area contributed by atoms with Gasteiger partial charge in [-0.25, -0.2) is 0 Å². The number of anilines is 1. The molecule has 2 atom stereocenters. The molecule has 1 aliphatic rings. The Kier molecular flexibility index (Phi) is 3.96. The van der Waals surface area contributed by atoms with Gasteiger partial charge in [0, 0.05) is 31.2 Å². The molecule has 1 amide bonds. The lowest BCUT2D eigenvalue weighted by atomic mass is 10.0. The molecule has 2 N–H and O–H groups in total. The third-order valence-corrected chi connectivity index (χ3v) is 3.85. The van der Waals surface area contributed by atoms with Crippen LogP contribution in [0.3, 0.4) is 0 Å². The van der Waals surface area contributed by atoms with E-state index < -0.39 is 0 Å². The van der Waals surface area contributed by atoms with Crippen LogP contribution in [0.4, 0.5) is 5.82 Å². The summed E-state index contributed by atoms with van der Waals surface area (Å²) in [5, 5.41) is 10.6. The summed E-state index contributed by atoms with van der Waals surface area (Å²) in [5.41, 5.74) is 0.898. The summed E-state index contributed by atoms with van der Waals surface area (Å²) in [6, 6.07) is 5.96. The highest BCUT2D eigenvalue weighted by molar-refractivity contribution is 5.94. The SMILES string of the molecule is C[C@@H](C(=O)Nc1ccn([C@@H]2CCNC2)n1)c1cccnc1. The lowest BCUT2D eigenvalue weighted by Crippen LogP contribution is -2.20. The van der Waals surface area contributed by atoms with Gasteiger partial charge in [0.15, 0.2) is 5.82 Å². The zero-order chi connectivity index (χ0) is 14.7. The third kappa shape index (κ3) is 3.11. The van der Waals surface area contributed by atoms with Crippen molar-refractivity contribution in [2.45, 2.75) is 25.3 Å². The molecule has 1 aliphatic heterocycles. The van der Waals surface area contributed by atoms with Crippen molar-refractivity contribution in [3.8, 4) is 0 Å². The van der Waals surface area contributed by atoms with Gasteiger partial charge in [0.25, 0.3) is 0 Å². The van der Waals surface area contributed by atoms with Gasteiger partial charge in [0.2, 0.25) is 5.91 Å². The van der Waals surface area contributed by atoms with E-state index in [0.29, 0.717) is 11.9 Å². The average Bonchev–Trinajstić information content (AvgIpc) is 3.18. The summed E-state index contributed by atoms with van der Waals surface area (Å²) in [6.45, 7) is 3.82. The van der Waals surface area contributed by atoms with Crippen LogP contribution in [-0.2, 0) is 4.79 Å². The van der Waals surface area contributed by atoms with E-state index in [4.69, 9.17) is 0 Å². The topological polar surface area (TPSA) is 71.8 Å². The molecule has 0 bridgehead atoms. The van der Waals surface area contributed by atoms with Crippen molar-refractivity contribution < 1.29 is 4.79 Å². The van der Waals surface area contributed by atoms with Crippen LogP contribution in [0.1, 0.15) is 30.9 Å². The second-order valence-electron chi connectivity index (χ2n) is 5.32. The minimum Gasteiger partial charge on any atom is -0.315 e. The number of aromatic nitrogens is 3. The molecule has 1 saturated heterocycles. The number of rotatable bonds is 4. The van der Waals surface area contributed by atoms with Crippen molar-refractivity contribution in [2.75, 3.05) is 18.4 Å². The monoisotopic (exact) mass is 285 g/mol. The molecule has 0 radical (unpaired) electrons. The fourth-order valence-electron chi connectivity index (χ4n) is 2.49. The number of nitrogens with zero attached hydrogens (tertiary/aromatic N) is 3. The molecule has 0 saturated carbocycles. The standard InChI is InChI=1S/C15H19N5O/c1-11(12-3-2-6-16-9-12)15(21)18-14-5-8-20(19-14)13-4-7-17-10-13/h2-3,5-6,8-9,11,13,17H,4,7,10H2,1H3,(H,18,19,21)/t11-,13-/m1/s1. The highest BCUT2D eigenvalue weighted by atomic mass is 16.1. The van der Waals surface area contributed by atoms with Crippen molar-refractivity contribution in [3.63, 3.8) is 0 Å². The van der Waals surface area contributed by atoms with Gasteiger partial charge in [-0.2, -0.15) is 5.10 Å². The van der Waals surface area contributed by atoms with Crippen LogP contribution in [-0.4, -0.2) is 33.8 Å². The molecule has 21 heavy (non-hydrogen) atoms. The number of carbonyl (C=O) groups is 1. The molecule has 110 valence electrons. The highest BCUT2D eigenvalue weighted by Crippen LogP contribution is 2.18. The Morgan fingerprint density at radius 1 is 1.52 bits per heavy atom. The van der Waals surface area contributed by atoms with Gasteiger partial charge in [-0.05, 0) is 31.5 Å². The number of nitrogens with one attached hydrogen (secondary N) is 2. The molecule has 1 fully saturated rings. The zero-order valence-electron chi connectivity index (χ0n) is 12.0. The number of carbonyl (C=O) groups excluding carboxylic acids is 1. The molecule has 0 aromatic carbocycles. The lowest BCUT2D eigenvalue weighted by molar-refractivity contribution is -0.117. The molecule has 6 nitrogen and oxygen atoms in total. The molecule has 6 heteroatoms. The number of pyridine rings is 1. The van der Waals surface area contributed by atoms with Crippen LogP contribution in [0.15, 0.2) is 36.8 Å². The van der Waals surface area contributed by atoms with Gasteiger partial charge < -0.3 is 10.6 Å². The van der Waals surface area contributed by atoms with Gasteiger partial charge in [-0.15, -0.1) is 0 Å². The van der Waals surface area contributed by atoms with Gasteiger partial charge >= 0.3 is 0 Å². The molecule has 2 aromatic heterocycles. The predicted octanol–water partition coefficient (Wildman–Crippen LogP) is 1.55. The van der Waals surface area contributed by atoms with Crippen LogP contribution < -0.4 is 10.6 Å². The van der Waals surface area contributed by atoms with Crippen molar-refractivity contribution >= 4 is 11.7 Å². The van der Waals surface area contributed by atoms with Gasteiger partial charge in [0.05, 0.1) is 12.0 Å². The quantitative estimate of drug-likeness (QED) is 0.894. The van der Waals surface area contributed by atoms with E-state index in [-0.39, 0.29) is 11.8 Å². The maximum atomic E-state index is 12.2. The van der Waals surface area contributed by atoms with Gasteiger partial charge in [-0.1, -0.05) is 6.07 Å². The number of hydrogen-bond acceptors (Lipinski definition) is 4. The maximum Gasteiger partial charge on any atom is 0.232 e. The van der Waals surface area contributed by atoms with Crippen molar-refractivity contribution in [3.05, 3.63) is 42.4 Å². The first-order valence-electron chi connectivity index (χ1n) is 7.20. The Hall–Kier alpha value is -2.21. The lowest BCUT2D eigenvalue weighted by Gasteiger charge is -2.11. The van der Waals surface area contributed by atoms with E-state index >= 15 is 0 Å². The minimum atomic E-state index is -0.253. The molecule has 0 aliphatic carbocycles. The first-order valence-corrected chi connectivity index (χ1v) is 7.20. The summed E-state index contributed by atoms with van der Waals surface area (Å²) in [6.07, 6.45) is 6.40. The Bertz CT molecular complexity index is 604. The summed E-state index contributed by atoms with van der Waals surface area (Å²) in [7, 11) is 0. The van der Waals surface area contributed by atoms with Crippen molar-refractivity contribution in [2.24, 2.45) is 0 Å². The third-order valence-electron chi connectivity index (χ3n) is 3.85. The average molecular weight is 285 g/mol. The van der Waals surface area contributed by atoms with E-state index in [1.807, 2.05) is 36.0 Å². The van der Waals surface area contributed by atoms with E-state index in [1.165, 1.54) is 0 Å². The molecular formula is C15H19N5O. The van der Waals surface area contributed by atoms with Crippen LogP contribution >= 0.6 is 0 Å². The minimum absolute atomic E-state index is 0.0715. The normalized spacial score (nSPS) is 19.4. The van der Waals surface area contributed by atoms with Crippen LogP contribution in [0.25, 0.3) is 0 Å². The largest absolute Gasteiger partial charge is 0.315 e. The fourth-order valence-corrected chi connectivity index (χ4v) is 2.49. The van der Waals surface area contributed by atoms with Gasteiger partial charge in [0.1, 0.15) is 0 Å². The van der Waals surface area contributed by atoms with Crippen LogP contribution in [0, 0.1) is 0 Å². The number of hydrogen-bond donors (Lipinski definition) is 2. The maximum absolute atomic E-state index is 12.2. The summed E-state index contributed by atoms with van der Waals surface area (Å²) >= 11 is 0. The summed E-state index contributed by atoms with van der Waals surface area (Å²) in [4.78, 5) is 16.3. The van der Waals surface area contributed by atoms with Crippen molar-refractivity contribution in [1.82, 2.24) is 20.1 Å². The summed E-state index contributed by atoms with van der Waals surface area (Å²) in [5.74, 6) is 0.275. The molecular weight excluding hydrogens is 266 g/mol. The smallest absolute Gasteiger partial charge is 0.232 e. The number of amides is 1. The Balaban J connectivity index is 1.64. The molecule has 3 heterocycles. The van der Waals surface area contributed by atoms with E-state index in [2.05, 4.69) is 20.7 Å². The molecule has 2 aromatic rings. The fraction of sp³-hybridized carbons (Fsp3) is 0.400. The Morgan fingerprint density at radius 3 is 3.14 bits per heavy atom. The highest BCUT2D eigenvalue weighted by Gasteiger charge is 2.19. The zero-order valence-corrected chi connectivity index (χ0v) is 12.0. The van der Waals surface area contributed by atoms with Crippen molar-refractivity contribution in [1.29, 1.82) is 0 Å². The van der Waals surface area contributed by atoms with E-state index in [1.54, 1.807) is 12.4 Å². The molecule has 3 rings (SSSR count). The predicted molar refractivity (Wildman–Crippen MR) is 80.0 cm³/mol. The second-order valence-corrected chi connectivity index (χ2v) is 5.32. The second kappa shape index (κ2) is 6.05.